The molecule has 1 aromatic rings. The highest BCUT2D eigenvalue weighted by Gasteiger charge is 2.16. The van der Waals surface area contributed by atoms with E-state index < -0.39 is 0 Å². The van der Waals surface area contributed by atoms with Gasteiger partial charge < -0.3 is 20.1 Å². The molecule has 1 rings (SSSR count). The lowest BCUT2D eigenvalue weighted by Crippen LogP contribution is -2.35. The molecule has 0 spiro atoms. The van der Waals surface area contributed by atoms with E-state index in [2.05, 4.69) is 20.3 Å². The highest BCUT2D eigenvalue weighted by atomic mass is 16.5. The third-order valence-electron chi connectivity index (χ3n) is 2.32. The summed E-state index contributed by atoms with van der Waals surface area (Å²) in [5.74, 6) is 0.953. The lowest BCUT2D eigenvalue weighted by atomic mass is 10.3. The summed E-state index contributed by atoms with van der Waals surface area (Å²) in [6, 6.07) is 0.467. The smallest absolute Gasteiger partial charge is 0.323 e. The van der Waals surface area contributed by atoms with Crippen molar-refractivity contribution < 1.29 is 9.84 Å². The van der Waals surface area contributed by atoms with Crippen molar-refractivity contribution >= 4 is 11.9 Å². The summed E-state index contributed by atoms with van der Waals surface area (Å²) in [6.07, 6.45) is 0. The molecule has 0 saturated carbocycles. The van der Waals surface area contributed by atoms with Gasteiger partial charge in [-0.2, -0.15) is 15.0 Å². The molecule has 0 amide bonds. The van der Waals surface area contributed by atoms with Crippen LogP contribution >= 0.6 is 0 Å². The summed E-state index contributed by atoms with van der Waals surface area (Å²) in [4.78, 5) is 14.5. The minimum Gasteiger partial charge on any atom is -0.464 e. The average Bonchev–Trinajstić information content (AvgIpc) is 2.35. The van der Waals surface area contributed by atoms with E-state index in [-0.39, 0.29) is 18.7 Å². The number of aromatic nitrogens is 3. The van der Waals surface area contributed by atoms with Crippen molar-refractivity contribution in [3.63, 3.8) is 0 Å². The normalized spacial score (nSPS) is 10.6. The molecule has 0 aliphatic rings. The number of aliphatic hydroxyl groups excluding tert-OH is 1. The molecule has 7 nitrogen and oxygen atoms in total. The summed E-state index contributed by atoms with van der Waals surface area (Å²) in [6.45, 7) is 6.90. The molecule has 0 unspecified atom stereocenters. The Bertz CT molecular complexity index is 372. The van der Waals surface area contributed by atoms with E-state index in [1.54, 1.807) is 7.05 Å². The highest BCUT2D eigenvalue weighted by Crippen LogP contribution is 2.16. The van der Waals surface area contributed by atoms with Gasteiger partial charge >= 0.3 is 6.01 Å². The Morgan fingerprint density at radius 2 is 2.06 bits per heavy atom. The van der Waals surface area contributed by atoms with Gasteiger partial charge in [0.1, 0.15) is 0 Å². The number of anilines is 2. The molecule has 2 N–H and O–H groups in total. The Labute approximate surface area is 107 Å². The highest BCUT2D eigenvalue weighted by molar-refractivity contribution is 5.38. The first-order valence-corrected chi connectivity index (χ1v) is 6.06. The molecule has 1 heterocycles. The van der Waals surface area contributed by atoms with Crippen molar-refractivity contribution in [2.24, 2.45) is 0 Å². The van der Waals surface area contributed by atoms with Crippen LogP contribution in [0.25, 0.3) is 0 Å². The fraction of sp³-hybridized carbons (Fsp3) is 0.727. The van der Waals surface area contributed by atoms with Crippen LogP contribution in [0.15, 0.2) is 0 Å². The third kappa shape index (κ3) is 3.69. The molecule has 102 valence electrons. The Morgan fingerprint density at radius 1 is 1.33 bits per heavy atom. The topological polar surface area (TPSA) is 83.4 Å². The number of rotatable bonds is 7. The van der Waals surface area contributed by atoms with Crippen LogP contribution in [-0.2, 0) is 0 Å². The maximum atomic E-state index is 9.09. The lowest BCUT2D eigenvalue weighted by molar-refractivity contribution is 0.295. The van der Waals surface area contributed by atoms with Gasteiger partial charge in [0.15, 0.2) is 0 Å². The summed E-state index contributed by atoms with van der Waals surface area (Å²) in [5.41, 5.74) is 0. The van der Waals surface area contributed by atoms with Gasteiger partial charge in [-0.05, 0) is 20.8 Å². The second-order valence-electron chi connectivity index (χ2n) is 3.94. The molecule has 0 fully saturated rings. The SMILES string of the molecule is CCOc1nc(NC)nc(N(CCO)C(C)C)n1. The average molecular weight is 255 g/mol. The summed E-state index contributed by atoms with van der Waals surface area (Å²) < 4.78 is 5.31. The van der Waals surface area contributed by atoms with E-state index >= 15 is 0 Å². The Morgan fingerprint density at radius 3 is 2.56 bits per heavy atom. The van der Waals surface area contributed by atoms with Gasteiger partial charge in [0, 0.05) is 19.6 Å². The van der Waals surface area contributed by atoms with Crippen LogP contribution in [-0.4, -0.2) is 52.9 Å². The van der Waals surface area contributed by atoms with Gasteiger partial charge in [-0.25, -0.2) is 0 Å². The summed E-state index contributed by atoms with van der Waals surface area (Å²) in [5, 5.41) is 12.0. The Hall–Kier alpha value is -1.63. The van der Waals surface area contributed by atoms with Crippen molar-refractivity contribution in [1.29, 1.82) is 0 Å². The van der Waals surface area contributed by atoms with Crippen molar-refractivity contribution in [1.82, 2.24) is 15.0 Å². The van der Waals surface area contributed by atoms with Crippen LogP contribution in [0.3, 0.4) is 0 Å². The number of ether oxygens (including phenoxy) is 1. The van der Waals surface area contributed by atoms with Gasteiger partial charge in [-0.1, -0.05) is 0 Å². The summed E-state index contributed by atoms with van der Waals surface area (Å²) in [7, 11) is 1.74. The van der Waals surface area contributed by atoms with Crippen molar-refractivity contribution in [2.75, 3.05) is 37.0 Å². The summed E-state index contributed by atoms with van der Waals surface area (Å²) >= 11 is 0. The molecule has 0 aliphatic carbocycles. The Kier molecular flexibility index (Phi) is 5.57. The molecule has 0 saturated heterocycles. The monoisotopic (exact) mass is 255 g/mol. The zero-order valence-corrected chi connectivity index (χ0v) is 11.3. The van der Waals surface area contributed by atoms with Crippen molar-refractivity contribution in [3.05, 3.63) is 0 Å². The van der Waals surface area contributed by atoms with Gasteiger partial charge in [-0.15, -0.1) is 0 Å². The van der Waals surface area contributed by atoms with Gasteiger partial charge in [0.2, 0.25) is 11.9 Å². The molecular weight excluding hydrogens is 234 g/mol. The lowest BCUT2D eigenvalue weighted by Gasteiger charge is -2.26. The number of hydrogen-bond donors (Lipinski definition) is 2. The minimum absolute atomic E-state index is 0.0444. The van der Waals surface area contributed by atoms with E-state index in [0.29, 0.717) is 25.0 Å². The van der Waals surface area contributed by atoms with Crippen LogP contribution in [0.1, 0.15) is 20.8 Å². The van der Waals surface area contributed by atoms with E-state index in [4.69, 9.17) is 9.84 Å². The number of nitrogens with zero attached hydrogens (tertiary/aromatic N) is 4. The first-order chi connectivity index (χ1) is 8.62. The predicted octanol–water partition coefficient (Wildman–Crippen LogP) is 0.519. The van der Waals surface area contributed by atoms with E-state index in [9.17, 15) is 0 Å². The van der Waals surface area contributed by atoms with E-state index in [0.717, 1.165) is 0 Å². The number of nitrogens with one attached hydrogen (secondary N) is 1. The molecule has 0 radical (unpaired) electrons. The molecular formula is C11H21N5O2. The minimum atomic E-state index is 0.0444. The van der Waals surface area contributed by atoms with Gasteiger partial charge in [0.05, 0.1) is 13.2 Å². The number of hydrogen-bond acceptors (Lipinski definition) is 7. The Balaban J connectivity index is 3.07. The molecule has 0 aromatic carbocycles. The largest absolute Gasteiger partial charge is 0.464 e. The van der Waals surface area contributed by atoms with Crippen LogP contribution in [0, 0.1) is 0 Å². The van der Waals surface area contributed by atoms with Crippen molar-refractivity contribution in [2.45, 2.75) is 26.8 Å². The standard InChI is InChI=1S/C11H21N5O2/c1-5-18-11-14-9(12-4)13-10(15-11)16(6-7-17)8(2)3/h8,17H,5-7H2,1-4H3,(H,12,13,14,15). The van der Waals surface area contributed by atoms with Crippen LogP contribution < -0.4 is 15.0 Å². The second-order valence-corrected chi connectivity index (χ2v) is 3.94. The zero-order valence-electron chi connectivity index (χ0n) is 11.3. The third-order valence-corrected chi connectivity index (χ3v) is 2.32. The van der Waals surface area contributed by atoms with Gasteiger partial charge in [-0.3, -0.25) is 0 Å². The predicted molar refractivity (Wildman–Crippen MR) is 70.1 cm³/mol. The molecule has 0 atom stereocenters. The van der Waals surface area contributed by atoms with Crippen LogP contribution in [0.4, 0.5) is 11.9 Å². The molecule has 0 bridgehead atoms. The second kappa shape index (κ2) is 6.95. The number of aliphatic hydroxyl groups is 1. The van der Waals surface area contributed by atoms with Crippen LogP contribution in [0.2, 0.25) is 0 Å². The maximum absolute atomic E-state index is 9.09. The molecule has 7 heteroatoms. The molecule has 18 heavy (non-hydrogen) atoms. The van der Waals surface area contributed by atoms with Crippen LogP contribution in [0.5, 0.6) is 6.01 Å². The fourth-order valence-corrected chi connectivity index (χ4v) is 1.48. The molecule has 1 aromatic heterocycles. The fourth-order valence-electron chi connectivity index (χ4n) is 1.48. The maximum Gasteiger partial charge on any atom is 0.323 e. The first kappa shape index (κ1) is 14.4. The first-order valence-electron chi connectivity index (χ1n) is 6.06. The van der Waals surface area contributed by atoms with E-state index in [1.165, 1.54) is 0 Å². The quantitative estimate of drug-likeness (QED) is 0.734. The van der Waals surface area contributed by atoms with Gasteiger partial charge in [0.25, 0.3) is 0 Å². The van der Waals surface area contributed by atoms with E-state index in [1.807, 2.05) is 25.7 Å². The zero-order chi connectivity index (χ0) is 13.5. The molecule has 0 aliphatic heterocycles. The van der Waals surface area contributed by atoms with Crippen molar-refractivity contribution in [3.8, 4) is 6.01 Å².